The van der Waals surface area contributed by atoms with E-state index in [0.29, 0.717) is 24.3 Å². The van der Waals surface area contributed by atoms with Gasteiger partial charge < -0.3 is 5.32 Å². The SMILES string of the molecule is CCCc1ccc(NC(=O)c2cccc(S(=O)(=O)N3CCCC3)c2)cc1. The fraction of sp³-hybridized carbons (Fsp3) is 0.350. The van der Waals surface area contributed by atoms with Crippen LogP contribution in [-0.2, 0) is 16.4 Å². The maximum Gasteiger partial charge on any atom is 0.255 e. The van der Waals surface area contributed by atoms with E-state index in [1.807, 2.05) is 24.3 Å². The number of hydrogen-bond donors (Lipinski definition) is 1. The Labute approximate surface area is 155 Å². The van der Waals surface area contributed by atoms with E-state index >= 15 is 0 Å². The average molecular weight is 372 g/mol. The second kappa shape index (κ2) is 8.01. The molecule has 1 amide bonds. The van der Waals surface area contributed by atoms with Crippen molar-refractivity contribution in [1.82, 2.24) is 4.31 Å². The standard InChI is InChI=1S/C20H24N2O3S/c1-2-6-16-9-11-18(12-10-16)21-20(23)17-7-5-8-19(15-17)26(24,25)22-13-3-4-14-22/h5,7-12,15H,2-4,6,13-14H2,1H3,(H,21,23). The van der Waals surface area contributed by atoms with Crippen molar-refractivity contribution in [2.24, 2.45) is 0 Å². The predicted molar refractivity (Wildman–Crippen MR) is 103 cm³/mol. The molecule has 0 spiro atoms. The van der Waals surface area contributed by atoms with Crippen LogP contribution in [0.4, 0.5) is 5.69 Å². The highest BCUT2D eigenvalue weighted by atomic mass is 32.2. The second-order valence-corrected chi connectivity index (χ2v) is 8.48. The van der Waals surface area contributed by atoms with Crippen LogP contribution in [0.25, 0.3) is 0 Å². The molecule has 3 rings (SSSR count). The molecule has 0 atom stereocenters. The first-order chi connectivity index (χ1) is 12.5. The monoisotopic (exact) mass is 372 g/mol. The van der Waals surface area contributed by atoms with Gasteiger partial charge in [0.2, 0.25) is 10.0 Å². The minimum Gasteiger partial charge on any atom is -0.322 e. The highest BCUT2D eigenvalue weighted by molar-refractivity contribution is 7.89. The van der Waals surface area contributed by atoms with Gasteiger partial charge in [-0.05, 0) is 55.2 Å². The Balaban J connectivity index is 1.75. The summed E-state index contributed by atoms with van der Waals surface area (Å²) in [5.41, 5.74) is 2.26. The summed E-state index contributed by atoms with van der Waals surface area (Å²) in [6.07, 6.45) is 3.84. The van der Waals surface area contributed by atoms with E-state index in [4.69, 9.17) is 0 Å². The number of hydrogen-bond acceptors (Lipinski definition) is 3. The smallest absolute Gasteiger partial charge is 0.255 e. The molecule has 1 fully saturated rings. The molecule has 2 aromatic rings. The number of rotatable bonds is 6. The fourth-order valence-electron chi connectivity index (χ4n) is 3.12. The van der Waals surface area contributed by atoms with Crippen molar-refractivity contribution in [2.45, 2.75) is 37.5 Å². The van der Waals surface area contributed by atoms with Crippen LogP contribution in [0.5, 0.6) is 0 Å². The quantitative estimate of drug-likeness (QED) is 0.841. The number of anilines is 1. The van der Waals surface area contributed by atoms with Gasteiger partial charge in [-0.15, -0.1) is 0 Å². The zero-order valence-corrected chi connectivity index (χ0v) is 15.8. The Morgan fingerprint density at radius 2 is 1.77 bits per heavy atom. The molecule has 26 heavy (non-hydrogen) atoms. The van der Waals surface area contributed by atoms with Crippen LogP contribution in [0.3, 0.4) is 0 Å². The number of sulfonamides is 1. The van der Waals surface area contributed by atoms with Crippen LogP contribution < -0.4 is 5.32 Å². The van der Waals surface area contributed by atoms with Crippen molar-refractivity contribution in [3.05, 3.63) is 59.7 Å². The van der Waals surface area contributed by atoms with Gasteiger partial charge in [-0.25, -0.2) is 8.42 Å². The molecule has 0 bridgehead atoms. The Bertz CT molecular complexity index is 870. The van der Waals surface area contributed by atoms with Crippen molar-refractivity contribution < 1.29 is 13.2 Å². The number of benzene rings is 2. The van der Waals surface area contributed by atoms with Crippen molar-refractivity contribution in [2.75, 3.05) is 18.4 Å². The number of amides is 1. The minimum atomic E-state index is -3.53. The normalized spacial score (nSPS) is 15.1. The van der Waals surface area contributed by atoms with Gasteiger partial charge in [0.25, 0.3) is 5.91 Å². The van der Waals surface area contributed by atoms with Crippen molar-refractivity contribution in [3.8, 4) is 0 Å². The lowest BCUT2D eigenvalue weighted by Gasteiger charge is -2.16. The van der Waals surface area contributed by atoms with Crippen LogP contribution in [0.1, 0.15) is 42.1 Å². The van der Waals surface area contributed by atoms with Gasteiger partial charge in [-0.1, -0.05) is 31.5 Å². The van der Waals surface area contributed by atoms with Crippen molar-refractivity contribution in [3.63, 3.8) is 0 Å². The summed E-state index contributed by atoms with van der Waals surface area (Å²) in [4.78, 5) is 12.7. The van der Waals surface area contributed by atoms with Crippen LogP contribution in [0, 0.1) is 0 Å². The third kappa shape index (κ3) is 4.14. The highest BCUT2D eigenvalue weighted by Gasteiger charge is 2.27. The number of carbonyl (C=O) groups excluding carboxylic acids is 1. The van der Waals surface area contributed by atoms with Crippen LogP contribution >= 0.6 is 0 Å². The first-order valence-corrected chi connectivity index (χ1v) is 10.5. The number of carbonyl (C=O) groups is 1. The molecule has 0 saturated carbocycles. The minimum absolute atomic E-state index is 0.172. The molecule has 1 heterocycles. The van der Waals surface area contributed by atoms with Crippen molar-refractivity contribution >= 4 is 21.6 Å². The first-order valence-electron chi connectivity index (χ1n) is 9.01. The van der Waals surface area contributed by atoms with Gasteiger partial charge in [-0.3, -0.25) is 4.79 Å². The van der Waals surface area contributed by atoms with Gasteiger partial charge in [0.05, 0.1) is 4.90 Å². The number of aryl methyl sites for hydroxylation is 1. The maximum atomic E-state index is 12.7. The van der Waals surface area contributed by atoms with E-state index in [1.165, 1.54) is 15.9 Å². The van der Waals surface area contributed by atoms with E-state index in [2.05, 4.69) is 12.2 Å². The molecule has 1 N–H and O–H groups in total. The van der Waals surface area contributed by atoms with E-state index in [-0.39, 0.29) is 10.8 Å². The zero-order valence-electron chi connectivity index (χ0n) is 14.9. The third-order valence-electron chi connectivity index (χ3n) is 4.55. The molecule has 1 saturated heterocycles. The largest absolute Gasteiger partial charge is 0.322 e. The molecule has 2 aromatic carbocycles. The molecule has 0 radical (unpaired) electrons. The maximum absolute atomic E-state index is 12.7. The van der Waals surface area contributed by atoms with Crippen LogP contribution in [-0.4, -0.2) is 31.7 Å². The van der Waals surface area contributed by atoms with E-state index in [9.17, 15) is 13.2 Å². The molecular weight excluding hydrogens is 348 g/mol. The molecule has 0 aromatic heterocycles. The molecule has 138 valence electrons. The summed E-state index contributed by atoms with van der Waals surface area (Å²) in [6.45, 7) is 3.21. The molecule has 6 heteroatoms. The van der Waals surface area contributed by atoms with E-state index in [1.54, 1.807) is 18.2 Å². The average Bonchev–Trinajstić information content (AvgIpc) is 3.19. The Morgan fingerprint density at radius 1 is 1.08 bits per heavy atom. The van der Waals surface area contributed by atoms with Gasteiger partial charge in [0.15, 0.2) is 0 Å². The fourth-order valence-corrected chi connectivity index (χ4v) is 4.69. The summed E-state index contributed by atoms with van der Waals surface area (Å²) in [5.74, 6) is -0.313. The number of nitrogens with one attached hydrogen (secondary N) is 1. The van der Waals surface area contributed by atoms with E-state index in [0.717, 1.165) is 25.7 Å². The lowest BCUT2D eigenvalue weighted by molar-refractivity contribution is 0.102. The Kier molecular flexibility index (Phi) is 5.74. The third-order valence-corrected chi connectivity index (χ3v) is 6.44. The second-order valence-electron chi connectivity index (χ2n) is 6.54. The summed E-state index contributed by atoms with van der Waals surface area (Å²) in [5, 5.41) is 2.83. The highest BCUT2D eigenvalue weighted by Crippen LogP contribution is 2.22. The Morgan fingerprint density at radius 3 is 2.42 bits per heavy atom. The van der Waals surface area contributed by atoms with E-state index < -0.39 is 10.0 Å². The molecule has 5 nitrogen and oxygen atoms in total. The summed E-state index contributed by atoms with van der Waals surface area (Å²) < 4.78 is 26.8. The summed E-state index contributed by atoms with van der Waals surface area (Å²) >= 11 is 0. The first kappa shape index (κ1) is 18.6. The molecule has 1 aliphatic rings. The lowest BCUT2D eigenvalue weighted by atomic mass is 10.1. The Hall–Kier alpha value is -2.18. The van der Waals surface area contributed by atoms with Gasteiger partial charge in [0, 0.05) is 24.3 Å². The lowest BCUT2D eigenvalue weighted by Crippen LogP contribution is -2.28. The van der Waals surface area contributed by atoms with Gasteiger partial charge >= 0.3 is 0 Å². The number of nitrogens with zero attached hydrogens (tertiary/aromatic N) is 1. The van der Waals surface area contributed by atoms with Gasteiger partial charge in [-0.2, -0.15) is 4.31 Å². The van der Waals surface area contributed by atoms with Gasteiger partial charge in [0.1, 0.15) is 0 Å². The molecule has 0 unspecified atom stereocenters. The molecule has 0 aliphatic carbocycles. The molecular formula is C20H24N2O3S. The van der Waals surface area contributed by atoms with Crippen molar-refractivity contribution in [1.29, 1.82) is 0 Å². The van der Waals surface area contributed by atoms with Crippen LogP contribution in [0.2, 0.25) is 0 Å². The molecule has 1 aliphatic heterocycles. The topological polar surface area (TPSA) is 66.5 Å². The predicted octanol–water partition coefficient (Wildman–Crippen LogP) is 3.68. The summed E-state index contributed by atoms with van der Waals surface area (Å²) in [6, 6.07) is 14.0. The summed E-state index contributed by atoms with van der Waals surface area (Å²) in [7, 11) is -3.53. The van der Waals surface area contributed by atoms with Crippen LogP contribution in [0.15, 0.2) is 53.4 Å². The zero-order chi connectivity index (χ0) is 18.6.